The maximum absolute atomic E-state index is 12.2. The monoisotopic (exact) mass is 424 g/mol. The summed E-state index contributed by atoms with van der Waals surface area (Å²) in [7, 11) is -3.52. The van der Waals surface area contributed by atoms with Gasteiger partial charge in [0.05, 0.1) is 16.1 Å². The van der Waals surface area contributed by atoms with E-state index < -0.39 is 10.0 Å². The van der Waals surface area contributed by atoms with Gasteiger partial charge >= 0.3 is 0 Å². The number of hydrogen-bond acceptors (Lipinski definition) is 4. The second-order valence-electron chi connectivity index (χ2n) is 3.70. The molecule has 102 valence electrons. The molecule has 0 aliphatic carbocycles. The Hall–Kier alpha value is -0.280. The van der Waals surface area contributed by atoms with E-state index in [0.29, 0.717) is 17.4 Å². The van der Waals surface area contributed by atoms with Gasteiger partial charge in [0.15, 0.2) is 0 Å². The summed E-state index contributed by atoms with van der Waals surface area (Å²) in [4.78, 5) is 4.33. The van der Waals surface area contributed by atoms with Crippen molar-refractivity contribution in [1.29, 1.82) is 0 Å². The van der Waals surface area contributed by atoms with Crippen molar-refractivity contribution in [2.75, 3.05) is 6.54 Å². The maximum atomic E-state index is 12.2. The fraction of sp³-hybridized carbons (Fsp3) is 0.182. The smallest absolute Gasteiger partial charge is 0.241 e. The molecule has 8 heteroatoms. The van der Waals surface area contributed by atoms with E-state index in [1.54, 1.807) is 23.7 Å². The second kappa shape index (κ2) is 6.45. The average molecular weight is 426 g/mol. The molecule has 1 heterocycles. The zero-order valence-electron chi connectivity index (χ0n) is 9.64. The number of nitrogens with one attached hydrogen (secondary N) is 1. The molecule has 0 radical (unpaired) electrons. The van der Waals surface area contributed by atoms with Crippen molar-refractivity contribution in [3.63, 3.8) is 0 Å². The summed E-state index contributed by atoms with van der Waals surface area (Å²) in [6, 6.07) is 5.03. The summed E-state index contributed by atoms with van der Waals surface area (Å²) in [5, 5.41) is 1.91. The van der Waals surface area contributed by atoms with E-state index in [2.05, 4.69) is 41.6 Å². The molecule has 0 atom stereocenters. The van der Waals surface area contributed by atoms with E-state index in [0.717, 1.165) is 10.2 Å². The molecule has 0 saturated heterocycles. The van der Waals surface area contributed by atoms with Crippen LogP contribution in [0.2, 0.25) is 0 Å². The Kier molecular flexibility index (Phi) is 5.13. The minimum atomic E-state index is -3.52. The average Bonchev–Trinajstić information content (AvgIpc) is 2.85. The van der Waals surface area contributed by atoms with Crippen molar-refractivity contribution < 1.29 is 8.42 Å². The molecule has 4 nitrogen and oxygen atoms in total. The fourth-order valence-corrected chi connectivity index (χ4v) is 4.56. The zero-order chi connectivity index (χ0) is 13.9. The van der Waals surface area contributed by atoms with Gasteiger partial charge in [0, 0.05) is 27.3 Å². The molecule has 1 aromatic carbocycles. The van der Waals surface area contributed by atoms with Gasteiger partial charge in [0.25, 0.3) is 0 Å². The van der Waals surface area contributed by atoms with Gasteiger partial charge < -0.3 is 0 Å². The van der Waals surface area contributed by atoms with Crippen LogP contribution in [0, 0.1) is 0 Å². The van der Waals surface area contributed by atoms with Crippen molar-refractivity contribution in [1.82, 2.24) is 9.71 Å². The van der Waals surface area contributed by atoms with Crippen LogP contribution in [-0.4, -0.2) is 19.9 Å². The van der Waals surface area contributed by atoms with Crippen molar-refractivity contribution in [3.8, 4) is 0 Å². The van der Waals surface area contributed by atoms with Crippen LogP contribution in [0.25, 0.3) is 0 Å². The SMILES string of the molecule is O=S(=O)(NCCc1cscn1)c1cc(Br)ccc1Br. The molecule has 0 fully saturated rings. The molecule has 0 aliphatic rings. The largest absolute Gasteiger partial charge is 0.250 e. The van der Waals surface area contributed by atoms with Crippen molar-refractivity contribution in [2.24, 2.45) is 0 Å². The number of nitrogens with zero attached hydrogens (tertiary/aromatic N) is 1. The summed E-state index contributed by atoms with van der Waals surface area (Å²) in [5.74, 6) is 0. The van der Waals surface area contributed by atoms with Gasteiger partial charge in [0.1, 0.15) is 0 Å². The number of thiazole rings is 1. The van der Waals surface area contributed by atoms with Gasteiger partial charge in [-0.1, -0.05) is 15.9 Å². The molecule has 0 unspecified atom stereocenters. The summed E-state index contributed by atoms with van der Waals surface area (Å²) < 4.78 is 28.1. The van der Waals surface area contributed by atoms with E-state index in [-0.39, 0.29) is 4.90 Å². The molecular weight excluding hydrogens is 416 g/mol. The minimum absolute atomic E-state index is 0.222. The number of rotatable bonds is 5. The molecule has 2 aromatic rings. The van der Waals surface area contributed by atoms with Crippen LogP contribution in [0.1, 0.15) is 5.69 Å². The van der Waals surface area contributed by atoms with Crippen LogP contribution in [0.15, 0.2) is 42.9 Å². The molecule has 0 aliphatic heterocycles. The molecule has 2 rings (SSSR count). The van der Waals surface area contributed by atoms with E-state index in [4.69, 9.17) is 0 Å². The van der Waals surface area contributed by atoms with Gasteiger partial charge in [-0.3, -0.25) is 0 Å². The quantitative estimate of drug-likeness (QED) is 0.800. The molecule has 19 heavy (non-hydrogen) atoms. The van der Waals surface area contributed by atoms with Crippen LogP contribution >= 0.6 is 43.2 Å². The Morgan fingerprint density at radius 3 is 2.79 bits per heavy atom. The molecule has 0 spiro atoms. The van der Waals surface area contributed by atoms with Gasteiger partial charge in [-0.05, 0) is 34.1 Å². The number of sulfonamides is 1. The van der Waals surface area contributed by atoms with Crippen LogP contribution in [0.4, 0.5) is 0 Å². The van der Waals surface area contributed by atoms with Crippen molar-refractivity contribution in [2.45, 2.75) is 11.3 Å². The van der Waals surface area contributed by atoms with Crippen molar-refractivity contribution >= 4 is 53.2 Å². The predicted molar refractivity (Wildman–Crippen MR) is 82.8 cm³/mol. The van der Waals surface area contributed by atoms with Crippen LogP contribution in [0.5, 0.6) is 0 Å². The normalized spacial score (nSPS) is 11.7. The van der Waals surface area contributed by atoms with Crippen LogP contribution in [0.3, 0.4) is 0 Å². The Balaban J connectivity index is 2.07. The third kappa shape index (κ3) is 4.09. The lowest BCUT2D eigenvalue weighted by atomic mass is 10.3. The third-order valence-electron chi connectivity index (χ3n) is 2.34. The first-order valence-corrected chi connectivity index (χ1v) is 9.32. The summed E-state index contributed by atoms with van der Waals surface area (Å²) in [6.45, 7) is 0.324. The van der Waals surface area contributed by atoms with Crippen LogP contribution in [-0.2, 0) is 16.4 Å². The summed E-state index contributed by atoms with van der Waals surface area (Å²) >= 11 is 8.01. The van der Waals surface area contributed by atoms with Crippen molar-refractivity contribution in [3.05, 3.63) is 43.7 Å². The molecule has 0 amide bonds. The Bertz CT molecular complexity index is 657. The van der Waals surface area contributed by atoms with E-state index in [1.165, 1.54) is 11.3 Å². The highest BCUT2D eigenvalue weighted by Gasteiger charge is 2.17. The van der Waals surface area contributed by atoms with Gasteiger partial charge in [0.2, 0.25) is 10.0 Å². The lowest BCUT2D eigenvalue weighted by Crippen LogP contribution is -2.26. The number of aromatic nitrogens is 1. The Labute approximate surface area is 132 Å². The molecular formula is C11H10Br2N2O2S2. The molecule has 1 N–H and O–H groups in total. The number of benzene rings is 1. The summed E-state index contributed by atoms with van der Waals surface area (Å²) in [5.41, 5.74) is 2.62. The second-order valence-corrected chi connectivity index (χ2v) is 7.93. The highest BCUT2D eigenvalue weighted by molar-refractivity contribution is 9.11. The highest BCUT2D eigenvalue weighted by atomic mass is 79.9. The maximum Gasteiger partial charge on any atom is 0.241 e. The number of halogens is 2. The van der Waals surface area contributed by atoms with E-state index in [9.17, 15) is 8.42 Å². The standard InChI is InChI=1S/C11H10Br2N2O2S2/c12-8-1-2-10(13)11(5-8)19(16,17)15-4-3-9-6-18-7-14-9/h1-2,5-7,15H,3-4H2. The topological polar surface area (TPSA) is 59.1 Å². The van der Waals surface area contributed by atoms with Gasteiger partial charge in [-0.2, -0.15) is 0 Å². The van der Waals surface area contributed by atoms with E-state index >= 15 is 0 Å². The zero-order valence-corrected chi connectivity index (χ0v) is 14.4. The van der Waals surface area contributed by atoms with Crippen LogP contribution < -0.4 is 4.72 Å². The lowest BCUT2D eigenvalue weighted by molar-refractivity contribution is 0.581. The lowest BCUT2D eigenvalue weighted by Gasteiger charge is -2.08. The molecule has 0 saturated carbocycles. The first-order valence-electron chi connectivity index (χ1n) is 5.31. The Morgan fingerprint density at radius 2 is 2.11 bits per heavy atom. The van der Waals surface area contributed by atoms with Gasteiger partial charge in [-0.25, -0.2) is 18.1 Å². The predicted octanol–water partition coefficient (Wildman–Crippen LogP) is 3.19. The first-order chi connectivity index (χ1) is 8.99. The highest BCUT2D eigenvalue weighted by Crippen LogP contribution is 2.25. The fourth-order valence-electron chi connectivity index (χ4n) is 1.44. The summed E-state index contributed by atoms with van der Waals surface area (Å²) in [6.07, 6.45) is 0.578. The van der Waals surface area contributed by atoms with Gasteiger partial charge in [-0.15, -0.1) is 11.3 Å². The number of hydrogen-bond donors (Lipinski definition) is 1. The van der Waals surface area contributed by atoms with E-state index in [1.807, 2.05) is 5.38 Å². The minimum Gasteiger partial charge on any atom is -0.250 e. The Morgan fingerprint density at radius 1 is 1.32 bits per heavy atom. The first kappa shape index (κ1) is 15.1. The third-order valence-corrected chi connectivity index (χ3v) is 5.92. The molecule has 1 aromatic heterocycles. The molecule has 0 bridgehead atoms.